The molecule has 29 heavy (non-hydrogen) atoms. The van der Waals surface area contributed by atoms with Crippen LogP contribution in [0.1, 0.15) is 29.5 Å². The molecule has 1 aliphatic rings. The summed E-state index contributed by atoms with van der Waals surface area (Å²) in [6.07, 6.45) is 2.62. The van der Waals surface area contributed by atoms with Crippen molar-refractivity contribution in [3.63, 3.8) is 0 Å². The van der Waals surface area contributed by atoms with E-state index in [2.05, 4.69) is 29.2 Å². The lowest BCUT2D eigenvalue weighted by Gasteiger charge is -2.16. The molecule has 0 aromatic heterocycles. The second-order valence-corrected chi connectivity index (χ2v) is 7.72. The van der Waals surface area contributed by atoms with Crippen molar-refractivity contribution in [3.05, 3.63) is 102 Å². The highest BCUT2D eigenvalue weighted by atomic mass is 35.5. The van der Waals surface area contributed by atoms with Gasteiger partial charge in [-0.15, -0.1) is 0 Å². The Morgan fingerprint density at radius 3 is 1.90 bits per heavy atom. The van der Waals surface area contributed by atoms with E-state index in [1.807, 2.05) is 60.7 Å². The topological polar surface area (TPSA) is 12.5 Å². The van der Waals surface area contributed by atoms with Crippen LogP contribution in [-0.4, -0.2) is 31.1 Å². The minimum atomic E-state index is 0.728. The number of hydrogen-bond acceptors (Lipinski definition) is 2. The third-order valence-corrected chi connectivity index (χ3v) is 5.73. The summed E-state index contributed by atoms with van der Waals surface area (Å²) < 4.78 is 5.96. The smallest absolute Gasteiger partial charge is 0.119 e. The molecule has 0 N–H and O–H groups in total. The van der Waals surface area contributed by atoms with E-state index in [1.54, 1.807) is 0 Å². The summed E-state index contributed by atoms with van der Waals surface area (Å²) in [5, 5.41) is 0.750. The molecule has 3 aromatic carbocycles. The fourth-order valence-corrected chi connectivity index (χ4v) is 4.11. The molecular weight excluding hydrogens is 378 g/mol. The number of halogens is 1. The lowest BCUT2D eigenvalue weighted by Crippen LogP contribution is -2.25. The first-order valence-corrected chi connectivity index (χ1v) is 10.7. The molecule has 3 aromatic rings. The van der Waals surface area contributed by atoms with Crippen LogP contribution in [0.15, 0.2) is 84.9 Å². The van der Waals surface area contributed by atoms with Crippen molar-refractivity contribution >= 4 is 22.2 Å². The van der Waals surface area contributed by atoms with Crippen molar-refractivity contribution in [1.29, 1.82) is 0 Å². The van der Waals surface area contributed by atoms with Crippen LogP contribution in [0, 0.1) is 0 Å². The van der Waals surface area contributed by atoms with Gasteiger partial charge in [0.05, 0.1) is 5.03 Å². The van der Waals surface area contributed by atoms with Crippen molar-refractivity contribution in [1.82, 2.24) is 4.90 Å². The Bertz CT molecular complexity index is 929. The average Bonchev–Trinajstić information content (AvgIpc) is 3.30. The van der Waals surface area contributed by atoms with Gasteiger partial charge in [-0.2, -0.15) is 0 Å². The maximum atomic E-state index is 6.88. The molecule has 1 saturated heterocycles. The van der Waals surface area contributed by atoms with Crippen molar-refractivity contribution in [3.8, 4) is 5.75 Å². The van der Waals surface area contributed by atoms with Crippen LogP contribution in [-0.2, 0) is 0 Å². The van der Waals surface area contributed by atoms with Gasteiger partial charge in [0.25, 0.3) is 0 Å². The first kappa shape index (κ1) is 19.8. The minimum Gasteiger partial charge on any atom is -0.492 e. The van der Waals surface area contributed by atoms with Crippen LogP contribution >= 0.6 is 11.6 Å². The van der Waals surface area contributed by atoms with Crippen molar-refractivity contribution in [2.45, 2.75) is 12.8 Å². The molecule has 0 saturated carbocycles. The molecule has 148 valence electrons. The predicted molar refractivity (Wildman–Crippen MR) is 122 cm³/mol. The van der Waals surface area contributed by atoms with Crippen LogP contribution in [0.4, 0.5) is 0 Å². The van der Waals surface area contributed by atoms with Gasteiger partial charge in [0, 0.05) is 12.1 Å². The lowest BCUT2D eigenvalue weighted by atomic mass is 9.95. The van der Waals surface area contributed by atoms with Crippen molar-refractivity contribution in [2.24, 2.45) is 0 Å². The number of nitrogens with zero attached hydrogens (tertiary/aromatic N) is 1. The monoisotopic (exact) mass is 403 g/mol. The van der Waals surface area contributed by atoms with E-state index in [0.29, 0.717) is 0 Å². The van der Waals surface area contributed by atoms with Gasteiger partial charge in [0.2, 0.25) is 0 Å². The maximum Gasteiger partial charge on any atom is 0.119 e. The number of benzene rings is 3. The summed E-state index contributed by atoms with van der Waals surface area (Å²) in [7, 11) is 0. The SMILES string of the molecule is Cl/C(=C(/c1ccccc1)c1ccc(OCCN2CCCC2)cc1)c1ccccc1. The quantitative estimate of drug-likeness (QED) is 0.428. The average molecular weight is 404 g/mol. The summed E-state index contributed by atoms with van der Waals surface area (Å²) >= 11 is 6.88. The van der Waals surface area contributed by atoms with Gasteiger partial charge in [0.1, 0.15) is 12.4 Å². The number of hydrogen-bond donors (Lipinski definition) is 0. The van der Waals surface area contributed by atoms with Gasteiger partial charge in [0.15, 0.2) is 0 Å². The normalized spacial score (nSPS) is 15.2. The van der Waals surface area contributed by atoms with E-state index in [9.17, 15) is 0 Å². The number of ether oxygens (including phenoxy) is 1. The second kappa shape index (κ2) is 9.78. The Labute approximate surface area is 178 Å². The zero-order valence-corrected chi connectivity index (χ0v) is 17.3. The molecule has 4 rings (SSSR count). The summed E-state index contributed by atoms with van der Waals surface area (Å²) in [5.74, 6) is 0.899. The minimum absolute atomic E-state index is 0.728. The fraction of sp³-hybridized carbons (Fsp3) is 0.231. The zero-order chi connectivity index (χ0) is 19.9. The van der Waals surface area contributed by atoms with Gasteiger partial charge < -0.3 is 4.74 Å². The van der Waals surface area contributed by atoms with E-state index < -0.39 is 0 Å². The van der Waals surface area contributed by atoms with Gasteiger partial charge in [-0.3, -0.25) is 4.90 Å². The van der Waals surface area contributed by atoms with Crippen molar-refractivity contribution < 1.29 is 4.74 Å². The first-order chi connectivity index (χ1) is 14.3. The molecule has 0 unspecified atom stereocenters. The summed E-state index contributed by atoms with van der Waals surface area (Å²) in [5.41, 5.74) is 4.22. The Hall–Kier alpha value is -2.55. The lowest BCUT2D eigenvalue weighted by molar-refractivity contribution is 0.238. The molecule has 1 fully saturated rings. The van der Waals surface area contributed by atoms with E-state index >= 15 is 0 Å². The van der Waals surface area contributed by atoms with Crippen molar-refractivity contribution in [2.75, 3.05) is 26.2 Å². The van der Waals surface area contributed by atoms with E-state index in [-0.39, 0.29) is 0 Å². The molecule has 0 amide bonds. The van der Waals surface area contributed by atoms with Crippen LogP contribution in [0.25, 0.3) is 10.6 Å². The zero-order valence-electron chi connectivity index (χ0n) is 16.6. The molecule has 0 radical (unpaired) electrons. The molecule has 2 nitrogen and oxygen atoms in total. The van der Waals surface area contributed by atoms with Gasteiger partial charge in [-0.05, 0) is 54.8 Å². The Morgan fingerprint density at radius 1 is 0.724 bits per heavy atom. The van der Waals surface area contributed by atoms with Gasteiger partial charge in [-0.25, -0.2) is 0 Å². The van der Waals surface area contributed by atoms with Gasteiger partial charge in [-0.1, -0.05) is 84.4 Å². The summed E-state index contributed by atoms with van der Waals surface area (Å²) in [6.45, 7) is 4.12. The third kappa shape index (κ3) is 5.09. The molecule has 3 heteroatoms. The van der Waals surface area contributed by atoms with Crippen LogP contribution in [0.3, 0.4) is 0 Å². The van der Waals surface area contributed by atoms with E-state index in [4.69, 9.17) is 16.3 Å². The molecule has 1 heterocycles. The maximum absolute atomic E-state index is 6.88. The third-order valence-electron chi connectivity index (χ3n) is 5.33. The Morgan fingerprint density at radius 2 is 1.28 bits per heavy atom. The highest BCUT2D eigenvalue weighted by Crippen LogP contribution is 2.35. The highest BCUT2D eigenvalue weighted by Gasteiger charge is 2.13. The predicted octanol–water partition coefficient (Wildman–Crippen LogP) is 6.32. The Balaban J connectivity index is 1.56. The molecule has 1 aliphatic heterocycles. The second-order valence-electron chi connectivity index (χ2n) is 7.34. The molecular formula is C26H26ClNO. The fourth-order valence-electron chi connectivity index (χ4n) is 3.77. The first-order valence-electron chi connectivity index (χ1n) is 10.3. The standard InChI is InChI=1S/C26H26ClNO/c27-26(23-11-5-2-6-12-23)25(21-9-3-1-4-10-21)22-13-15-24(16-14-22)29-20-19-28-17-7-8-18-28/h1-6,9-16H,7-8,17-20H2/b26-25-. The van der Waals surface area contributed by atoms with E-state index in [0.717, 1.165) is 46.2 Å². The number of rotatable bonds is 7. The van der Waals surface area contributed by atoms with Crippen LogP contribution < -0.4 is 4.74 Å². The molecule has 0 bridgehead atoms. The van der Waals surface area contributed by atoms with E-state index in [1.165, 1.54) is 25.9 Å². The molecule has 0 atom stereocenters. The molecule has 0 spiro atoms. The molecule has 0 aliphatic carbocycles. The summed E-state index contributed by atoms with van der Waals surface area (Å²) in [6, 6.07) is 28.7. The highest BCUT2D eigenvalue weighted by molar-refractivity contribution is 6.53. The number of likely N-dealkylation sites (tertiary alicyclic amines) is 1. The van der Waals surface area contributed by atoms with Crippen LogP contribution in [0.5, 0.6) is 5.75 Å². The van der Waals surface area contributed by atoms with Crippen LogP contribution in [0.2, 0.25) is 0 Å². The largest absolute Gasteiger partial charge is 0.492 e. The van der Waals surface area contributed by atoms with Gasteiger partial charge >= 0.3 is 0 Å². The Kier molecular flexibility index (Phi) is 6.66. The summed E-state index contributed by atoms with van der Waals surface area (Å²) in [4.78, 5) is 2.46.